The number of carbonyl (C=O) groups is 3. The molecule has 0 radical (unpaired) electrons. The highest BCUT2D eigenvalue weighted by atomic mass is 16.7. The molecule has 3 heterocycles. The maximum absolute atomic E-state index is 13.6. The summed E-state index contributed by atoms with van der Waals surface area (Å²) in [5, 5.41) is 3.99. The number of hydrogen-bond acceptors (Lipinski definition) is 8. The highest BCUT2D eigenvalue weighted by Gasteiger charge is 2.53. The Morgan fingerprint density at radius 2 is 1.64 bits per heavy atom. The summed E-state index contributed by atoms with van der Waals surface area (Å²) < 4.78 is 16.7. The van der Waals surface area contributed by atoms with E-state index in [0.29, 0.717) is 24.2 Å². The van der Waals surface area contributed by atoms with Crippen molar-refractivity contribution >= 4 is 17.7 Å². The number of hydrogen-bond donors (Lipinski definition) is 0. The van der Waals surface area contributed by atoms with Gasteiger partial charge in [0.25, 0.3) is 0 Å². The number of benzene rings is 2. The van der Waals surface area contributed by atoms with E-state index in [1.165, 1.54) is 4.90 Å². The number of ether oxygens (including phenoxy) is 2. The molecule has 0 spiro atoms. The van der Waals surface area contributed by atoms with Crippen LogP contribution in [0.4, 0.5) is 4.79 Å². The summed E-state index contributed by atoms with van der Waals surface area (Å²) in [7, 11) is 0. The van der Waals surface area contributed by atoms with Crippen LogP contribution in [-0.2, 0) is 20.8 Å². The van der Waals surface area contributed by atoms with Gasteiger partial charge in [0, 0.05) is 17.2 Å². The molecule has 2 saturated heterocycles. The minimum Gasteiger partial charge on any atom is -0.349 e. The van der Waals surface area contributed by atoms with E-state index in [-0.39, 0.29) is 49.7 Å². The lowest BCUT2D eigenvalue weighted by molar-refractivity contribution is -0.144. The van der Waals surface area contributed by atoms with Crippen molar-refractivity contribution in [1.82, 2.24) is 19.9 Å². The zero-order valence-corrected chi connectivity index (χ0v) is 19.4. The Morgan fingerprint density at radius 3 is 2.39 bits per heavy atom. The fourth-order valence-corrected chi connectivity index (χ4v) is 5.24. The van der Waals surface area contributed by atoms with Crippen molar-refractivity contribution in [2.45, 2.75) is 37.6 Å². The van der Waals surface area contributed by atoms with Gasteiger partial charge in [-0.1, -0.05) is 65.8 Å². The van der Waals surface area contributed by atoms with Gasteiger partial charge in [-0.3, -0.25) is 14.5 Å². The van der Waals surface area contributed by atoms with Crippen LogP contribution in [0.5, 0.6) is 0 Å². The second kappa shape index (κ2) is 9.29. The number of imide groups is 1. The molecule has 2 aliphatic heterocycles. The number of amides is 3. The van der Waals surface area contributed by atoms with Crippen LogP contribution >= 0.6 is 0 Å². The highest BCUT2D eigenvalue weighted by Crippen LogP contribution is 2.39. The smallest absolute Gasteiger partial charge is 0.327 e. The monoisotopic (exact) mass is 488 g/mol. The number of urea groups is 1. The van der Waals surface area contributed by atoms with Crippen LogP contribution in [0.2, 0.25) is 0 Å². The lowest BCUT2D eigenvalue weighted by Gasteiger charge is -2.48. The summed E-state index contributed by atoms with van der Waals surface area (Å²) in [6.45, 7) is -0.166. The molecular weight excluding hydrogens is 464 g/mol. The molecule has 6 rings (SSSR count). The largest absolute Gasteiger partial charge is 0.349 e. The van der Waals surface area contributed by atoms with Gasteiger partial charge >= 0.3 is 6.03 Å². The van der Waals surface area contributed by atoms with E-state index >= 15 is 0 Å². The minimum absolute atomic E-state index is 0.137. The van der Waals surface area contributed by atoms with Gasteiger partial charge < -0.3 is 18.9 Å². The molecule has 3 aromatic rings. The van der Waals surface area contributed by atoms with Crippen LogP contribution in [0.1, 0.15) is 29.1 Å². The molecule has 0 N–H and O–H groups in total. The molecule has 3 fully saturated rings. The summed E-state index contributed by atoms with van der Waals surface area (Å²) in [6.07, 6.45) is 0.413. The Kier molecular flexibility index (Phi) is 5.82. The molecular formula is C26H24N4O6. The molecule has 1 aliphatic carbocycles. The first-order valence-electron chi connectivity index (χ1n) is 11.9. The molecule has 36 heavy (non-hydrogen) atoms. The molecule has 0 bridgehead atoms. The Bertz CT molecular complexity index is 1280. The van der Waals surface area contributed by atoms with Crippen molar-refractivity contribution in [3.63, 3.8) is 0 Å². The Hall–Kier alpha value is -3.89. The molecule has 2 aromatic carbocycles. The van der Waals surface area contributed by atoms with Crippen LogP contribution in [-0.4, -0.2) is 69.2 Å². The summed E-state index contributed by atoms with van der Waals surface area (Å²) in [6, 6.07) is 17.1. The van der Waals surface area contributed by atoms with Crippen LogP contribution in [0.15, 0.2) is 65.2 Å². The zero-order valence-electron chi connectivity index (χ0n) is 19.4. The van der Waals surface area contributed by atoms with Gasteiger partial charge in [0.2, 0.25) is 17.6 Å². The van der Waals surface area contributed by atoms with Gasteiger partial charge in [-0.25, -0.2) is 4.79 Å². The molecule has 4 unspecified atom stereocenters. The van der Waals surface area contributed by atoms with Crippen molar-refractivity contribution in [2.24, 2.45) is 5.92 Å². The van der Waals surface area contributed by atoms with Crippen molar-refractivity contribution in [3.05, 3.63) is 72.1 Å². The average molecular weight is 489 g/mol. The fourth-order valence-electron chi connectivity index (χ4n) is 5.24. The highest BCUT2D eigenvalue weighted by molar-refractivity contribution is 6.03. The van der Waals surface area contributed by atoms with Gasteiger partial charge in [0.15, 0.2) is 5.78 Å². The van der Waals surface area contributed by atoms with Crippen molar-refractivity contribution in [1.29, 1.82) is 0 Å². The summed E-state index contributed by atoms with van der Waals surface area (Å²) in [5.41, 5.74) is 1.26. The topological polar surface area (TPSA) is 115 Å². The van der Waals surface area contributed by atoms with Gasteiger partial charge in [0.1, 0.15) is 13.3 Å². The van der Waals surface area contributed by atoms with E-state index in [2.05, 4.69) is 10.1 Å². The van der Waals surface area contributed by atoms with Crippen LogP contribution in [0.25, 0.3) is 11.4 Å². The molecule has 1 aromatic heterocycles. The number of rotatable bonds is 6. The predicted molar refractivity (Wildman–Crippen MR) is 124 cm³/mol. The summed E-state index contributed by atoms with van der Waals surface area (Å²) >= 11 is 0. The standard InChI is InChI=1S/C26H24N4O6/c31-20(16-7-3-1-4-8-16)13-29-19-12-22-21(34-15-35-22)11-18(19)25(32)30(26(29)33)14-23-27-24(28-36-23)17-9-5-2-6-10-17/h1-10,18-19,21-22H,11-15H2. The van der Waals surface area contributed by atoms with Crippen molar-refractivity contribution in [2.75, 3.05) is 13.3 Å². The fraction of sp³-hybridized carbons (Fsp3) is 0.346. The molecule has 10 heteroatoms. The van der Waals surface area contributed by atoms with Crippen LogP contribution in [0, 0.1) is 5.92 Å². The van der Waals surface area contributed by atoms with E-state index in [4.69, 9.17) is 14.0 Å². The second-order valence-corrected chi connectivity index (χ2v) is 9.18. The lowest BCUT2D eigenvalue weighted by Crippen LogP contribution is -2.65. The molecule has 3 aliphatic rings. The van der Waals surface area contributed by atoms with Crippen molar-refractivity contribution in [3.8, 4) is 11.4 Å². The maximum atomic E-state index is 13.6. The normalized spacial score (nSPS) is 25.6. The van der Waals surface area contributed by atoms with Crippen LogP contribution in [0.3, 0.4) is 0 Å². The van der Waals surface area contributed by atoms with Crippen molar-refractivity contribution < 1.29 is 28.4 Å². The third kappa shape index (κ3) is 4.08. The Morgan fingerprint density at radius 1 is 0.944 bits per heavy atom. The number of Topliss-reactive ketones (excluding diaryl/α,β-unsaturated/α-hetero) is 1. The molecule has 1 saturated carbocycles. The Balaban J connectivity index is 1.28. The van der Waals surface area contributed by atoms with Gasteiger partial charge in [-0.2, -0.15) is 4.98 Å². The van der Waals surface area contributed by atoms with E-state index in [1.807, 2.05) is 36.4 Å². The minimum atomic E-state index is -0.553. The van der Waals surface area contributed by atoms with E-state index in [0.717, 1.165) is 10.5 Å². The number of fused-ring (bicyclic) bond motifs is 2. The quantitative estimate of drug-likeness (QED) is 0.487. The first kappa shape index (κ1) is 22.6. The van der Waals surface area contributed by atoms with Gasteiger partial charge in [-0.05, 0) is 12.8 Å². The Labute approximate surface area is 206 Å². The average Bonchev–Trinajstić information content (AvgIpc) is 3.58. The first-order chi connectivity index (χ1) is 17.6. The van der Waals surface area contributed by atoms with Gasteiger partial charge in [0.05, 0.1) is 24.7 Å². The lowest BCUT2D eigenvalue weighted by atomic mass is 9.78. The number of aromatic nitrogens is 2. The summed E-state index contributed by atoms with van der Waals surface area (Å²) in [5.74, 6) is -0.551. The zero-order chi connectivity index (χ0) is 24.6. The third-order valence-corrected chi connectivity index (χ3v) is 7.07. The van der Waals surface area contributed by atoms with E-state index < -0.39 is 18.0 Å². The summed E-state index contributed by atoms with van der Waals surface area (Å²) in [4.78, 5) is 47.3. The number of nitrogens with zero attached hydrogens (tertiary/aromatic N) is 4. The van der Waals surface area contributed by atoms with E-state index in [9.17, 15) is 14.4 Å². The number of carbonyl (C=O) groups excluding carboxylic acids is 3. The third-order valence-electron chi connectivity index (χ3n) is 7.07. The predicted octanol–water partition coefficient (Wildman–Crippen LogP) is 2.90. The van der Waals surface area contributed by atoms with E-state index in [1.54, 1.807) is 24.3 Å². The number of ketones is 1. The molecule has 10 nitrogen and oxygen atoms in total. The van der Waals surface area contributed by atoms with Gasteiger partial charge in [-0.15, -0.1) is 0 Å². The molecule has 184 valence electrons. The first-order valence-corrected chi connectivity index (χ1v) is 11.9. The molecule has 3 amide bonds. The second-order valence-electron chi connectivity index (χ2n) is 9.18. The SMILES string of the molecule is O=C(CN1C(=O)N(Cc2nc(-c3ccccc3)no2)C(=O)C2CC3OCOC3CC21)c1ccccc1. The molecule has 4 atom stereocenters. The van der Waals surface area contributed by atoms with Crippen LogP contribution < -0.4 is 0 Å². The maximum Gasteiger partial charge on any atom is 0.327 e.